The number of hydrogen-bond donors (Lipinski definition) is 0. The summed E-state index contributed by atoms with van der Waals surface area (Å²) in [5.74, 6) is 0.541. The number of ether oxygens (including phenoxy) is 1. The van der Waals surface area contributed by atoms with Gasteiger partial charge in [0.2, 0.25) is 0 Å². The van der Waals surface area contributed by atoms with Crippen molar-refractivity contribution in [2.75, 3.05) is 33.7 Å². The molecule has 0 saturated carbocycles. The number of nitrogens with zero attached hydrogens (tertiary/aromatic N) is 2. The Morgan fingerprint density at radius 2 is 2.15 bits per heavy atom. The molecule has 13 heavy (non-hydrogen) atoms. The van der Waals surface area contributed by atoms with Crippen LogP contribution in [0.3, 0.4) is 0 Å². The molecule has 0 bridgehead atoms. The summed E-state index contributed by atoms with van der Waals surface area (Å²) in [5.41, 5.74) is 0. The van der Waals surface area contributed by atoms with Crippen molar-refractivity contribution in [1.29, 1.82) is 0 Å². The largest absolute Gasteiger partial charge is 0.444 e. The first-order valence-electron chi connectivity index (χ1n) is 4.77. The molecule has 4 heteroatoms. The highest BCUT2D eigenvalue weighted by Gasteiger charge is 2.36. The van der Waals surface area contributed by atoms with Gasteiger partial charge in [0, 0.05) is 26.1 Å². The van der Waals surface area contributed by atoms with E-state index >= 15 is 0 Å². The first kappa shape index (κ1) is 8.81. The van der Waals surface area contributed by atoms with Gasteiger partial charge in [-0.25, -0.2) is 4.79 Å². The van der Waals surface area contributed by atoms with E-state index in [9.17, 15) is 4.79 Å². The van der Waals surface area contributed by atoms with Crippen LogP contribution in [0.4, 0.5) is 4.79 Å². The van der Waals surface area contributed by atoms with Crippen molar-refractivity contribution in [3.05, 3.63) is 0 Å². The summed E-state index contributed by atoms with van der Waals surface area (Å²) in [5, 5.41) is 0. The van der Waals surface area contributed by atoms with Gasteiger partial charge in [0.05, 0.1) is 0 Å². The molecule has 0 radical (unpaired) electrons. The van der Waals surface area contributed by atoms with Crippen LogP contribution in [0.15, 0.2) is 0 Å². The van der Waals surface area contributed by atoms with Gasteiger partial charge in [0.25, 0.3) is 0 Å². The number of amides is 1. The SMILES string of the molecule is CN1CC[C@H]2CN(C)C(=O)O[C@@H]2C1. The third-order valence-electron chi connectivity index (χ3n) is 2.97. The second-order valence-corrected chi connectivity index (χ2v) is 4.11. The molecule has 4 nitrogen and oxygen atoms in total. The number of likely N-dealkylation sites (N-methyl/N-ethyl adjacent to an activating group) is 1. The predicted molar refractivity (Wildman–Crippen MR) is 48.5 cm³/mol. The van der Waals surface area contributed by atoms with Gasteiger partial charge in [0.1, 0.15) is 6.10 Å². The number of rotatable bonds is 0. The fourth-order valence-electron chi connectivity index (χ4n) is 2.11. The summed E-state index contributed by atoms with van der Waals surface area (Å²) in [6.45, 7) is 2.87. The third-order valence-corrected chi connectivity index (χ3v) is 2.97. The molecule has 2 rings (SSSR count). The zero-order chi connectivity index (χ0) is 9.42. The summed E-state index contributed by atoms with van der Waals surface area (Å²) in [6, 6.07) is 0. The molecule has 2 atom stereocenters. The highest BCUT2D eigenvalue weighted by molar-refractivity contribution is 5.68. The Bertz CT molecular complexity index is 220. The lowest BCUT2D eigenvalue weighted by molar-refractivity contribution is -0.0403. The summed E-state index contributed by atoms with van der Waals surface area (Å²) in [7, 11) is 3.87. The zero-order valence-electron chi connectivity index (χ0n) is 8.19. The van der Waals surface area contributed by atoms with Gasteiger partial charge in [-0.1, -0.05) is 0 Å². The standard InChI is InChI=1S/C9H16N2O2/c1-10-4-3-7-5-11(2)9(12)13-8(7)6-10/h7-8H,3-6H2,1-2H3/t7-,8+/m0/s1. The number of hydrogen-bond acceptors (Lipinski definition) is 3. The zero-order valence-corrected chi connectivity index (χ0v) is 8.19. The Labute approximate surface area is 78.4 Å². The normalized spacial score (nSPS) is 35.5. The molecule has 0 N–H and O–H groups in total. The van der Waals surface area contributed by atoms with Crippen molar-refractivity contribution >= 4 is 6.09 Å². The van der Waals surface area contributed by atoms with Crippen LogP contribution >= 0.6 is 0 Å². The smallest absolute Gasteiger partial charge is 0.409 e. The molecular formula is C9H16N2O2. The molecule has 0 aromatic carbocycles. The van der Waals surface area contributed by atoms with Gasteiger partial charge in [-0.2, -0.15) is 0 Å². The van der Waals surface area contributed by atoms with Crippen LogP contribution in [-0.2, 0) is 4.74 Å². The molecule has 2 aliphatic rings. The van der Waals surface area contributed by atoms with Crippen molar-refractivity contribution in [3.8, 4) is 0 Å². The topological polar surface area (TPSA) is 32.8 Å². The molecule has 2 aliphatic heterocycles. The monoisotopic (exact) mass is 184 g/mol. The first-order chi connectivity index (χ1) is 6.16. The molecular weight excluding hydrogens is 168 g/mol. The lowest BCUT2D eigenvalue weighted by Crippen LogP contribution is -2.53. The van der Waals surface area contributed by atoms with E-state index in [-0.39, 0.29) is 12.2 Å². The maximum Gasteiger partial charge on any atom is 0.409 e. The number of fused-ring (bicyclic) bond motifs is 1. The lowest BCUT2D eigenvalue weighted by Gasteiger charge is -2.41. The van der Waals surface area contributed by atoms with Crippen molar-refractivity contribution < 1.29 is 9.53 Å². The van der Waals surface area contributed by atoms with Crippen LogP contribution < -0.4 is 0 Å². The Morgan fingerprint density at radius 1 is 1.38 bits per heavy atom. The maximum absolute atomic E-state index is 11.2. The van der Waals surface area contributed by atoms with Crippen LogP contribution in [-0.4, -0.2) is 55.7 Å². The van der Waals surface area contributed by atoms with E-state index in [4.69, 9.17) is 4.74 Å². The van der Waals surface area contributed by atoms with Crippen molar-refractivity contribution in [3.63, 3.8) is 0 Å². The van der Waals surface area contributed by atoms with Gasteiger partial charge in [-0.15, -0.1) is 0 Å². The number of likely N-dealkylation sites (tertiary alicyclic amines) is 1. The first-order valence-corrected chi connectivity index (χ1v) is 4.77. The Kier molecular flexibility index (Phi) is 2.15. The van der Waals surface area contributed by atoms with E-state index in [1.54, 1.807) is 11.9 Å². The average Bonchev–Trinajstić information content (AvgIpc) is 2.08. The van der Waals surface area contributed by atoms with Gasteiger partial charge >= 0.3 is 6.09 Å². The van der Waals surface area contributed by atoms with E-state index < -0.39 is 0 Å². The summed E-state index contributed by atoms with van der Waals surface area (Å²) < 4.78 is 5.32. The molecule has 0 aromatic rings. The Hall–Kier alpha value is -0.770. The lowest BCUT2D eigenvalue weighted by atomic mass is 9.92. The van der Waals surface area contributed by atoms with Crippen molar-refractivity contribution in [2.24, 2.45) is 5.92 Å². The van der Waals surface area contributed by atoms with Gasteiger partial charge < -0.3 is 14.5 Å². The Morgan fingerprint density at radius 3 is 2.92 bits per heavy atom. The maximum atomic E-state index is 11.2. The number of carbonyl (C=O) groups is 1. The van der Waals surface area contributed by atoms with Crippen molar-refractivity contribution in [1.82, 2.24) is 9.80 Å². The number of carbonyl (C=O) groups excluding carboxylic acids is 1. The molecule has 1 amide bonds. The van der Waals surface area contributed by atoms with E-state index in [1.807, 2.05) is 0 Å². The minimum absolute atomic E-state index is 0.127. The molecule has 0 spiro atoms. The molecule has 0 aliphatic carbocycles. The van der Waals surface area contributed by atoms with E-state index in [0.29, 0.717) is 5.92 Å². The Balaban J connectivity index is 2.02. The second-order valence-electron chi connectivity index (χ2n) is 4.11. The van der Waals surface area contributed by atoms with Crippen LogP contribution in [0.1, 0.15) is 6.42 Å². The minimum atomic E-state index is -0.170. The molecule has 0 aromatic heterocycles. The molecule has 74 valence electrons. The summed E-state index contributed by atoms with van der Waals surface area (Å²) in [6.07, 6.45) is 1.10. The van der Waals surface area contributed by atoms with Gasteiger partial charge in [-0.3, -0.25) is 0 Å². The highest BCUT2D eigenvalue weighted by atomic mass is 16.6. The van der Waals surface area contributed by atoms with Crippen LogP contribution in [0, 0.1) is 5.92 Å². The fourth-order valence-corrected chi connectivity index (χ4v) is 2.11. The van der Waals surface area contributed by atoms with Crippen LogP contribution in [0.2, 0.25) is 0 Å². The van der Waals surface area contributed by atoms with Crippen LogP contribution in [0.25, 0.3) is 0 Å². The number of piperidine rings is 1. The predicted octanol–water partition coefficient (Wildman–Crippen LogP) is 0.389. The fraction of sp³-hybridized carbons (Fsp3) is 0.889. The van der Waals surface area contributed by atoms with Crippen molar-refractivity contribution in [2.45, 2.75) is 12.5 Å². The molecule has 0 unspecified atom stereocenters. The average molecular weight is 184 g/mol. The third kappa shape index (κ3) is 1.63. The minimum Gasteiger partial charge on any atom is -0.444 e. The molecule has 2 fully saturated rings. The van der Waals surface area contributed by atoms with Crippen LogP contribution in [0.5, 0.6) is 0 Å². The van der Waals surface area contributed by atoms with E-state index in [1.165, 1.54) is 0 Å². The van der Waals surface area contributed by atoms with E-state index in [2.05, 4.69) is 11.9 Å². The quantitative estimate of drug-likeness (QED) is 0.546. The summed E-state index contributed by atoms with van der Waals surface area (Å²) >= 11 is 0. The summed E-state index contributed by atoms with van der Waals surface area (Å²) in [4.78, 5) is 15.1. The molecule has 2 heterocycles. The van der Waals surface area contributed by atoms with E-state index in [0.717, 1.165) is 26.1 Å². The van der Waals surface area contributed by atoms with Gasteiger partial charge in [-0.05, 0) is 20.0 Å². The highest BCUT2D eigenvalue weighted by Crippen LogP contribution is 2.24. The van der Waals surface area contributed by atoms with Gasteiger partial charge in [0.15, 0.2) is 0 Å². The molecule has 2 saturated heterocycles. The second kappa shape index (κ2) is 3.18.